The van der Waals surface area contributed by atoms with Crippen molar-refractivity contribution in [2.75, 3.05) is 0 Å². The normalized spacial score (nSPS) is 20.6. The van der Waals surface area contributed by atoms with E-state index in [1.807, 2.05) is 18.2 Å². The zero-order valence-electron chi connectivity index (χ0n) is 11.1. The molecule has 2 heteroatoms. The summed E-state index contributed by atoms with van der Waals surface area (Å²) >= 11 is 0. The zero-order chi connectivity index (χ0) is 12.8. The lowest BCUT2D eigenvalue weighted by atomic mass is 9.83. The maximum absolute atomic E-state index is 10.2. The van der Waals surface area contributed by atoms with Gasteiger partial charge in [0.15, 0.2) is 0 Å². The fraction of sp³-hybridized carbons (Fsp3) is 0.625. The molecule has 0 radical (unpaired) electrons. The fourth-order valence-electron chi connectivity index (χ4n) is 2.96. The van der Waals surface area contributed by atoms with E-state index in [0.717, 1.165) is 12.8 Å². The molecule has 1 aromatic rings. The Hall–Kier alpha value is -0.860. The van der Waals surface area contributed by atoms with Gasteiger partial charge in [0.25, 0.3) is 0 Å². The molecule has 0 bridgehead atoms. The van der Waals surface area contributed by atoms with Crippen LogP contribution in [-0.4, -0.2) is 17.3 Å². The molecule has 18 heavy (non-hydrogen) atoms. The van der Waals surface area contributed by atoms with Crippen molar-refractivity contribution < 1.29 is 5.11 Å². The topological polar surface area (TPSA) is 46.2 Å². The van der Waals surface area contributed by atoms with E-state index in [4.69, 9.17) is 5.73 Å². The van der Waals surface area contributed by atoms with Gasteiger partial charge in [0.2, 0.25) is 0 Å². The number of nitrogens with two attached hydrogens (primary N) is 1. The van der Waals surface area contributed by atoms with Crippen molar-refractivity contribution in [2.24, 2.45) is 11.7 Å². The summed E-state index contributed by atoms with van der Waals surface area (Å²) in [7, 11) is 0. The van der Waals surface area contributed by atoms with Gasteiger partial charge in [-0.05, 0) is 24.3 Å². The molecule has 2 unspecified atom stereocenters. The Morgan fingerprint density at radius 2 is 1.78 bits per heavy atom. The standard InChI is InChI=1S/C16H25NO/c17-15(11-13-7-3-1-4-8-13)16(18)12-14-9-5-2-6-10-14/h1,3-4,7-8,14-16,18H,2,5-6,9-12,17H2. The molecule has 0 amide bonds. The Morgan fingerprint density at radius 1 is 1.11 bits per heavy atom. The number of benzene rings is 1. The molecule has 0 aromatic heterocycles. The Morgan fingerprint density at radius 3 is 2.44 bits per heavy atom. The predicted molar refractivity (Wildman–Crippen MR) is 75.3 cm³/mol. The van der Waals surface area contributed by atoms with Crippen molar-refractivity contribution >= 4 is 0 Å². The molecule has 2 rings (SSSR count). The fourth-order valence-corrected chi connectivity index (χ4v) is 2.96. The summed E-state index contributed by atoms with van der Waals surface area (Å²) in [5, 5.41) is 10.2. The van der Waals surface area contributed by atoms with Gasteiger partial charge >= 0.3 is 0 Å². The summed E-state index contributed by atoms with van der Waals surface area (Å²) in [6.45, 7) is 0. The number of rotatable bonds is 5. The first-order chi connectivity index (χ1) is 8.75. The second-order valence-corrected chi connectivity index (χ2v) is 5.66. The van der Waals surface area contributed by atoms with E-state index in [9.17, 15) is 5.11 Å². The maximum Gasteiger partial charge on any atom is 0.0697 e. The lowest BCUT2D eigenvalue weighted by molar-refractivity contribution is 0.105. The minimum atomic E-state index is -0.353. The van der Waals surface area contributed by atoms with Crippen LogP contribution in [0.3, 0.4) is 0 Å². The van der Waals surface area contributed by atoms with E-state index in [-0.39, 0.29) is 12.1 Å². The molecule has 0 heterocycles. The third-order valence-electron chi connectivity index (χ3n) is 4.11. The predicted octanol–water partition coefficient (Wildman–Crippen LogP) is 2.89. The van der Waals surface area contributed by atoms with Crippen molar-refractivity contribution in [3.63, 3.8) is 0 Å². The van der Waals surface area contributed by atoms with Crippen LogP contribution in [0.5, 0.6) is 0 Å². The van der Waals surface area contributed by atoms with Crippen molar-refractivity contribution in [3.8, 4) is 0 Å². The Labute approximate surface area is 110 Å². The highest BCUT2D eigenvalue weighted by molar-refractivity contribution is 5.16. The summed E-state index contributed by atoms with van der Waals surface area (Å²) in [6, 6.07) is 10.1. The van der Waals surface area contributed by atoms with Gasteiger partial charge in [0.1, 0.15) is 0 Å². The molecule has 1 aliphatic carbocycles. The summed E-state index contributed by atoms with van der Waals surface area (Å²) < 4.78 is 0. The van der Waals surface area contributed by atoms with Crippen LogP contribution in [-0.2, 0) is 6.42 Å². The van der Waals surface area contributed by atoms with Crippen molar-refractivity contribution in [1.82, 2.24) is 0 Å². The van der Waals surface area contributed by atoms with Gasteiger partial charge in [-0.3, -0.25) is 0 Å². The van der Waals surface area contributed by atoms with Crippen LogP contribution >= 0.6 is 0 Å². The highest BCUT2D eigenvalue weighted by Crippen LogP contribution is 2.28. The van der Waals surface area contributed by atoms with Crippen LogP contribution in [0.1, 0.15) is 44.1 Å². The van der Waals surface area contributed by atoms with Gasteiger partial charge in [-0.15, -0.1) is 0 Å². The van der Waals surface area contributed by atoms with Gasteiger partial charge in [0.05, 0.1) is 6.10 Å². The SMILES string of the molecule is NC(Cc1ccccc1)C(O)CC1CCCCC1. The van der Waals surface area contributed by atoms with E-state index in [2.05, 4.69) is 12.1 Å². The van der Waals surface area contributed by atoms with E-state index < -0.39 is 0 Å². The van der Waals surface area contributed by atoms with Gasteiger partial charge in [-0.2, -0.15) is 0 Å². The minimum absolute atomic E-state index is 0.130. The average molecular weight is 247 g/mol. The Kier molecular flexibility index (Phi) is 5.21. The van der Waals surface area contributed by atoms with E-state index in [0.29, 0.717) is 5.92 Å². The van der Waals surface area contributed by atoms with Gasteiger partial charge in [0, 0.05) is 6.04 Å². The third-order valence-corrected chi connectivity index (χ3v) is 4.11. The smallest absolute Gasteiger partial charge is 0.0697 e. The van der Waals surface area contributed by atoms with Crippen LogP contribution in [0, 0.1) is 5.92 Å². The summed E-state index contributed by atoms with van der Waals surface area (Å²) in [6.07, 6.45) is 7.86. The molecule has 1 aliphatic rings. The lowest BCUT2D eigenvalue weighted by Gasteiger charge is -2.27. The van der Waals surface area contributed by atoms with Crippen LogP contribution in [0.4, 0.5) is 0 Å². The molecular weight excluding hydrogens is 222 g/mol. The molecule has 2 nitrogen and oxygen atoms in total. The molecule has 1 aromatic carbocycles. The molecule has 2 atom stereocenters. The minimum Gasteiger partial charge on any atom is -0.391 e. The first-order valence-corrected chi connectivity index (χ1v) is 7.23. The van der Waals surface area contributed by atoms with Crippen LogP contribution in [0.15, 0.2) is 30.3 Å². The number of hydrogen-bond acceptors (Lipinski definition) is 2. The van der Waals surface area contributed by atoms with Crippen LogP contribution in [0.2, 0.25) is 0 Å². The maximum atomic E-state index is 10.2. The van der Waals surface area contributed by atoms with Crippen LogP contribution < -0.4 is 5.73 Å². The zero-order valence-corrected chi connectivity index (χ0v) is 11.1. The molecule has 100 valence electrons. The summed E-state index contributed by atoms with van der Waals surface area (Å²) in [4.78, 5) is 0. The average Bonchev–Trinajstić information content (AvgIpc) is 2.41. The first kappa shape index (κ1) is 13.6. The van der Waals surface area contributed by atoms with Gasteiger partial charge < -0.3 is 10.8 Å². The Bertz CT molecular complexity index is 332. The van der Waals surface area contributed by atoms with Crippen molar-refractivity contribution in [2.45, 2.75) is 57.1 Å². The molecular formula is C16H25NO. The molecule has 0 aliphatic heterocycles. The number of aliphatic hydroxyl groups is 1. The molecule has 3 N–H and O–H groups in total. The second kappa shape index (κ2) is 6.91. The lowest BCUT2D eigenvalue weighted by Crippen LogP contribution is -2.38. The Balaban J connectivity index is 1.79. The summed E-state index contributed by atoms with van der Waals surface area (Å²) in [5.74, 6) is 0.690. The van der Waals surface area contributed by atoms with Gasteiger partial charge in [-0.25, -0.2) is 0 Å². The van der Waals surface area contributed by atoms with Crippen molar-refractivity contribution in [3.05, 3.63) is 35.9 Å². The van der Waals surface area contributed by atoms with E-state index >= 15 is 0 Å². The van der Waals surface area contributed by atoms with E-state index in [1.165, 1.54) is 37.7 Å². The van der Waals surface area contributed by atoms with Crippen LogP contribution in [0.25, 0.3) is 0 Å². The highest BCUT2D eigenvalue weighted by Gasteiger charge is 2.21. The third kappa shape index (κ3) is 4.11. The molecule has 0 saturated heterocycles. The van der Waals surface area contributed by atoms with Crippen molar-refractivity contribution in [1.29, 1.82) is 0 Å². The number of hydrogen-bond donors (Lipinski definition) is 2. The summed E-state index contributed by atoms with van der Waals surface area (Å²) in [5.41, 5.74) is 7.33. The largest absolute Gasteiger partial charge is 0.391 e. The highest BCUT2D eigenvalue weighted by atomic mass is 16.3. The molecule has 0 spiro atoms. The van der Waals surface area contributed by atoms with Gasteiger partial charge in [-0.1, -0.05) is 62.4 Å². The molecule has 1 fully saturated rings. The van der Waals surface area contributed by atoms with E-state index in [1.54, 1.807) is 0 Å². The molecule has 1 saturated carbocycles. The second-order valence-electron chi connectivity index (χ2n) is 5.66. The quantitative estimate of drug-likeness (QED) is 0.840. The first-order valence-electron chi connectivity index (χ1n) is 7.23. The number of aliphatic hydroxyl groups excluding tert-OH is 1. The monoisotopic (exact) mass is 247 g/mol.